The van der Waals surface area contributed by atoms with Gasteiger partial charge >= 0.3 is 0 Å². The van der Waals surface area contributed by atoms with Crippen LogP contribution in [0.1, 0.15) is 5.56 Å². The van der Waals surface area contributed by atoms with E-state index in [0.29, 0.717) is 13.1 Å². The van der Waals surface area contributed by atoms with Crippen molar-refractivity contribution in [1.82, 2.24) is 14.2 Å². The number of piperazine rings is 1. The first-order chi connectivity index (χ1) is 9.12. The first-order valence-corrected chi connectivity index (χ1v) is 8.41. The molecule has 1 fully saturated rings. The van der Waals surface area contributed by atoms with Crippen molar-refractivity contribution in [3.63, 3.8) is 0 Å². The zero-order chi connectivity index (χ0) is 13.7. The van der Waals surface area contributed by atoms with Gasteiger partial charge in [-0.2, -0.15) is 4.31 Å². The molecule has 1 aromatic rings. The summed E-state index contributed by atoms with van der Waals surface area (Å²) in [5.74, 6) is 0.176. The topological polar surface area (TPSA) is 53.5 Å². The quantitative estimate of drug-likeness (QED) is 0.754. The highest BCUT2D eigenvalue weighted by Gasteiger charge is 2.26. The van der Waals surface area contributed by atoms with Crippen LogP contribution in [0.3, 0.4) is 0 Å². The lowest BCUT2D eigenvalue weighted by molar-refractivity contribution is 0.181. The summed E-state index contributed by atoms with van der Waals surface area (Å²) in [5, 5.41) is 0. The molecule has 0 amide bonds. The fourth-order valence-electron chi connectivity index (χ4n) is 2.14. The van der Waals surface area contributed by atoms with E-state index in [1.165, 1.54) is 4.31 Å². The molecule has 2 rings (SSSR count). The van der Waals surface area contributed by atoms with E-state index in [1.54, 1.807) is 6.20 Å². The number of nitrogens with zero attached hydrogens (tertiary/aromatic N) is 3. The lowest BCUT2D eigenvalue weighted by atomic mass is 10.2. The van der Waals surface area contributed by atoms with E-state index in [2.05, 4.69) is 9.88 Å². The highest BCUT2D eigenvalue weighted by molar-refractivity contribution is 7.89. The molecular weight excluding hydrogens is 286 g/mol. The van der Waals surface area contributed by atoms with E-state index < -0.39 is 10.0 Å². The van der Waals surface area contributed by atoms with E-state index in [0.717, 1.165) is 25.2 Å². The third-order valence-electron chi connectivity index (χ3n) is 3.19. The smallest absolute Gasteiger partial charge is 0.215 e. The number of pyridine rings is 1. The van der Waals surface area contributed by atoms with Crippen molar-refractivity contribution in [2.24, 2.45) is 0 Å². The van der Waals surface area contributed by atoms with Crippen LogP contribution in [-0.4, -0.2) is 60.4 Å². The molecule has 0 saturated carbocycles. The molecule has 1 aliphatic heterocycles. The molecule has 2 heterocycles. The van der Waals surface area contributed by atoms with Crippen molar-refractivity contribution in [3.05, 3.63) is 30.1 Å². The molecule has 0 N–H and O–H groups in total. The van der Waals surface area contributed by atoms with Crippen LogP contribution in [0.25, 0.3) is 0 Å². The van der Waals surface area contributed by atoms with Crippen LogP contribution < -0.4 is 0 Å². The predicted octanol–water partition coefficient (Wildman–Crippen LogP) is 0.768. The van der Waals surface area contributed by atoms with Gasteiger partial charge in [0.2, 0.25) is 10.0 Å². The molecule has 5 nitrogen and oxygen atoms in total. The minimum atomic E-state index is -3.17. The zero-order valence-corrected chi connectivity index (χ0v) is 12.3. The maximum atomic E-state index is 11.9. The van der Waals surface area contributed by atoms with E-state index in [9.17, 15) is 8.42 Å². The minimum Gasteiger partial charge on any atom is -0.296 e. The van der Waals surface area contributed by atoms with E-state index in [1.807, 2.05) is 18.3 Å². The van der Waals surface area contributed by atoms with Crippen LogP contribution in [0.5, 0.6) is 0 Å². The Kier molecular flexibility index (Phi) is 5.15. The molecule has 1 aliphatic rings. The first kappa shape index (κ1) is 14.7. The molecule has 0 atom stereocenters. The Labute approximate surface area is 119 Å². The molecule has 19 heavy (non-hydrogen) atoms. The van der Waals surface area contributed by atoms with Gasteiger partial charge in [-0.05, 0) is 11.6 Å². The van der Waals surface area contributed by atoms with Gasteiger partial charge in [0.1, 0.15) is 0 Å². The minimum absolute atomic E-state index is 0.0250. The van der Waals surface area contributed by atoms with E-state index in [-0.39, 0.29) is 11.6 Å². The van der Waals surface area contributed by atoms with Gasteiger partial charge in [0.05, 0.1) is 5.75 Å². The number of aromatic nitrogens is 1. The van der Waals surface area contributed by atoms with Crippen molar-refractivity contribution >= 4 is 21.6 Å². The van der Waals surface area contributed by atoms with Crippen LogP contribution in [0.4, 0.5) is 0 Å². The lowest BCUT2D eigenvalue weighted by Gasteiger charge is -2.33. The van der Waals surface area contributed by atoms with Gasteiger partial charge < -0.3 is 0 Å². The van der Waals surface area contributed by atoms with Gasteiger partial charge in [-0.3, -0.25) is 9.88 Å². The maximum absolute atomic E-state index is 11.9. The summed E-state index contributed by atoms with van der Waals surface area (Å²) in [4.78, 5) is 6.32. The Morgan fingerprint density at radius 2 is 2.00 bits per heavy atom. The molecule has 0 radical (unpaired) electrons. The van der Waals surface area contributed by atoms with E-state index in [4.69, 9.17) is 11.6 Å². The van der Waals surface area contributed by atoms with E-state index >= 15 is 0 Å². The Morgan fingerprint density at radius 1 is 1.26 bits per heavy atom. The van der Waals surface area contributed by atoms with Gasteiger partial charge in [-0.1, -0.05) is 6.07 Å². The Morgan fingerprint density at radius 3 is 2.58 bits per heavy atom. The second kappa shape index (κ2) is 6.65. The van der Waals surface area contributed by atoms with Crippen LogP contribution >= 0.6 is 11.6 Å². The summed E-state index contributed by atoms with van der Waals surface area (Å²) >= 11 is 5.52. The number of alkyl halides is 1. The molecule has 106 valence electrons. The highest BCUT2D eigenvalue weighted by Crippen LogP contribution is 2.11. The SMILES string of the molecule is O=S(=O)(CCCl)N1CCN(Cc2cccnc2)CC1. The Balaban J connectivity index is 1.86. The molecule has 0 bridgehead atoms. The van der Waals surface area contributed by atoms with Crippen molar-refractivity contribution in [1.29, 1.82) is 0 Å². The van der Waals surface area contributed by atoms with Gasteiger partial charge in [0.25, 0.3) is 0 Å². The number of sulfonamides is 1. The molecule has 0 unspecified atom stereocenters. The van der Waals surface area contributed by atoms with Crippen molar-refractivity contribution in [2.75, 3.05) is 37.8 Å². The molecule has 7 heteroatoms. The monoisotopic (exact) mass is 303 g/mol. The second-order valence-electron chi connectivity index (χ2n) is 4.54. The summed E-state index contributed by atoms with van der Waals surface area (Å²) < 4.78 is 25.3. The number of halogens is 1. The summed E-state index contributed by atoms with van der Waals surface area (Å²) in [6.45, 7) is 3.39. The van der Waals surface area contributed by atoms with Gasteiger partial charge in [0.15, 0.2) is 0 Å². The molecule has 0 aromatic carbocycles. The second-order valence-corrected chi connectivity index (χ2v) is 7.01. The van der Waals surface area contributed by atoms with Crippen molar-refractivity contribution < 1.29 is 8.42 Å². The molecule has 1 saturated heterocycles. The molecule has 1 aromatic heterocycles. The summed E-state index contributed by atoms with van der Waals surface area (Å²) in [5.41, 5.74) is 1.15. The summed E-state index contributed by atoms with van der Waals surface area (Å²) in [6, 6.07) is 3.94. The Hall–Kier alpha value is -0.690. The summed E-state index contributed by atoms with van der Waals surface area (Å²) in [7, 11) is -3.17. The summed E-state index contributed by atoms with van der Waals surface area (Å²) in [6.07, 6.45) is 3.59. The molecule has 0 spiro atoms. The normalized spacial score (nSPS) is 18.6. The highest BCUT2D eigenvalue weighted by atomic mass is 35.5. The number of hydrogen-bond donors (Lipinski definition) is 0. The Bertz CT molecular complexity index is 487. The first-order valence-electron chi connectivity index (χ1n) is 6.27. The number of hydrogen-bond acceptors (Lipinski definition) is 4. The van der Waals surface area contributed by atoms with Gasteiger partial charge in [-0.15, -0.1) is 11.6 Å². The third kappa shape index (κ3) is 4.14. The van der Waals surface area contributed by atoms with Crippen LogP contribution in [0.15, 0.2) is 24.5 Å². The molecular formula is C12H18ClN3O2S. The van der Waals surface area contributed by atoms with Gasteiger partial charge in [0, 0.05) is 51.0 Å². The lowest BCUT2D eigenvalue weighted by Crippen LogP contribution is -2.48. The van der Waals surface area contributed by atoms with Gasteiger partial charge in [-0.25, -0.2) is 8.42 Å². The standard InChI is InChI=1S/C12H18ClN3O2S/c13-3-9-19(17,18)16-7-5-15(6-8-16)11-12-2-1-4-14-10-12/h1-2,4,10H,3,5-9,11H2. The maximum Gasteiger partial charge on any atom is 0.215 e. The van der Waals surface area contributed by atoms with Crippen molar-refractivity contribution in [2.45, 2.75) is 6.54 Å². The zero-order valence-electron chi connectivity index (χ0n) is 10.7. The third-order valence-corrected chi connectivity index (χ3v) is 5.47. The predicted molar refractivity (Wildman–Crippen MR) is 75.6 cm³/mol. The average molecular weight is 304 g/mol. The fraction of sp³-hybridized carbons (Fsp3) is 0.583. The largest absolute Gasteiger partial charge is 0.296 e. The van der Waals surface area contributed by atoms with Crippen LogP contribution in [0.2, 0.25) is 0 Å². The van der Waals surface area contributed by atoms with Crippen molar-refractivity contribution in [3.8, 4) is 0 Å². The number of rotatable bonds is 5. The average Bonchev–Trinajstić information content (AvgIpc) is 2.40. The van der Waals surface area contributed by atoms with Crippen LogP contribution in [-0.2, 0) is 16.6 Å². The fourth-order valence-corrected chi connectivity index (χ4v) is 3.90. The van der Waals surface area contributed by atoms with Crippen LogP contribution in [0, 0.1) is 0 Å². The molecule has 0 aliphatic carbocycles.